The molecule has 0 saturated carbocycles. The zero-order valence-corrected chi connectivity index (χ0v) is 23.5. The summed E-state index contributed by atoms with van der Waals surface area (Å²) < 4.78 is 2.72. The smallest absolute Gasteiger partial charge is 0.295 e. The van der Waals surface area contributed by atoms with Gasteiger partial charge in [-0.2, -0.15) is 0 Å². The molecule has 0 atom stereocenters. The second-order valence-corrected chi connectivity index (χ2v) is 10.4. The summed E-state index contributed by atoms with van der Waals surface area (Å²) in [6.07, 6.45) is 0. The van der Waals surface area contributed by atoms with Crippen LogP contribution in [0.4, 0.5) is 5.69 Å². The Morgan fingerprint density at radius 1 is 0.879 bits per heavy atom. The molecule has 0 aliphatic rings. The number of benzene rings is 3. The maximum atomic E-state index is 13.4. The van der Waals surface area contributed by atoms with E-state index in [9.17, 15) is 9.59 Å². The van der Waals surface area contributed by atoms with Gasteiger partial charge in [-0.05, 0) is 82.8 Å². The molecule has 0 aliphatic heterocycles. The molecule has 0 bridgehead atoms. The van der Waals surface area contributed by atoms with Crippen LogP contribution in [0.15, 0.2) is 77.3 Å². The largest absolute Gasteiger partial charge is 0.325 e. The molecule has 168 valence electrons. The fourth-order valence-corrected chi connectivity index (χ4v) is 5.73. The maximum absolute atomic E-state index is 13.4. The van der Waals surface area contributed by atoms with E-state index in [-0.39, 0.29) is 12.5 Å². The summed E-state index contributed by atoms with van der Waals surface area (Å²) >= 11 is 14.3. The number of aryl methyl sites for hydroxylation is 1. The fraction of sp³-hybridized carbons (Fsp3) is 0.0870. The Labute approximate surface area is 223 Å². The molecule has 0 unspecified atom stereocenters. The van der Waals surface area contributed by atoms with Crippen molar-refractivity contribution in [2.24, 2.45) is 0 Å². The highest BCUT2D eigenvalue weighted by atomic mass is 79.9. The Bertz CT molecular complexity index is 1420. The number of carbonyl (C=O) groups excluding carboxylic acids is 1. The summed E-state index contributed by atoms with van der Waals surface area (Å²) in [4.78, 5) is 26.9. The third kappa shape index (κ3) is 4.94. The normalized spacial score (nSPS) is 10.9. The van der Waals surface area contributed by atoms with Crippen LogP contribution in [0.3, 0.4) is 0 Å². The lowest BCUT2D eigenvalue weighted by Gasteiger charge is -2.16. The topological polar surface area (TPSA) is 76.0 Å². The predicted octanol–water partition coefficient (Wildman–Crippen LogP) is 6.60. The van der Waals surface area contributed by atoms with Crippen LogP contribution >= 0.6 is 63.7 Å². The van der Waals surface area contributed by atoms with Crippen molar-refractivity contribution in [1.29, 1.82) is 0 Å². The summed E-state index contributed by atoms with van der Waals surface area (Å²) in [6.45, 7) is 1.86. The molecular weight excluding hydrogens is 684 g/mol. The summed E-state index contributed by atoms with van der Waals surface area (Å²) in [5.74, 6) is -0.302. The molecule has 10 heteroatoms. The number of hydrogen-bond acceptors (Lipinski definition) is 4. The number of rotatable bonds is 5. The summed E-state index contributed by atoms with van der Waals surface area (Å²) in [5, 5.41) is 8.43. The summed E-state index contributed by atoms with van der Waals surface area (Å²) in [7, 11) is 0. The zero-order valence-electron chi connectivity index (χ0n) is 17.1. The molecule has 2 N–H and O–H groups in total. The van der Waals surface area contributed by atoms with Gasteiger partial charge in [0.05, 0.1) is 5.39 Å². The summed E-state index contributed by atoms with van der Waals surface area (Å²) in [5.41, 5.74) is 5.64. The quantitative estimate of drug-likeness (QED) is 0.182. The van der Waals surface area contributed by atoms with Gasteiger partial charge in [0.25, 0.3) is 5.56 Å². The van der Waals surface area contributed by atoms with Crippen molar-refractivity contribution in [3.05, 3.63) is 88.4 Å². The van der Waals surface area contributed by atoms with Crippen molar-refractivity contribution in [1.82, 2.24) is 9.89 Å². The minimum absolute atomic E-state index is 0.142. The van der Waals surface area contributed by atoms with Gasteiger partial charge in [0.1, 0.15) is 12.2 Å². The first-order valence-electron chi connectivity index (χ1n) is 9.72. The lowest BCUT2D eigenvalue weighted by Crippen LogP contribution is -2.36. The number of fused-ring (bicyclic) bond motifs is 1. The lowest BCUT2D eigenvalue weighted by atomic mass is 10.0. The van der Waals surface area contributed by atoms with Crippen molar-refractivity contribution in [2.75, 3.05) is 17.3 Å². The van der Waals surface area contributed by atoms with E-state index in [4.69, 9.17) is 0 Å². The second kappa shape index (κ2) is 10.1. The SMILES string of the molecule is Cc1ccc(-c2nn(NCC(=O)Nc3ccccc3)c(=O)c3c(Br)c(Br)c(Br)c(Br)c23)cc1. The van der Waals surface area contributed by atoms with Gasteiger partial charge < -0.3 is 5.32 Å². The fourth-order valence-electron chi connectivity index (χ4n) is 3.25. The Balaban J connectivity index is 1.82. The Morgan fingerprint density at radius 2 is 1.48 bits per heavy atom. The molecule has 3 aromatic carbocycles. The van der Waals surface area contributed by atoms with Crippen molar-refractivity contribution < 1.29 is 4.79 Å². The number of amides is 1. The number of anilines is 1. The first-order chi connectivity index (χ1) is 15.8. The Kier molecular flexibility index (Phi) is 7.37. The van der Waals surface area contributed by atoms with E-state index >= 15 is 0 Å². The van der Waals surface area contributed by atoms with E-state index in [1.54, 1.807) is 12.1 Å². The molecule has 33 heavy (non-hydrogen) atoms. The molecular formula is C23H16Br4N4O2. The number of aromatic nitrogens is 2. The van der Waals surface area contributed by atoms with E-state index < -0.39 is 5.56 Å². The molecule has 0 aliphatic carbocycles. The Morgan fingerprint density at radius 3 is 2.12 bits per heavy atom. The number of nitrogens with zero attached hydrogens (tertiary/aromatic N) is 2. The molecule has 4 aromatic rings. The van der Waals surface area contributed by atoms with E-state index in [0.29, 0.717) is 35.6 Å². The predicted molar refractivity (Wildman–Crippen MR) is 146 cm³/mol. The standard InChI is InChI=1S/C23H16Br4N4O2/c1-12-7-9-13(10-8-12)22-16-17(19(25)21(27)20(26)18(16)24)23(33)31(30-22)28-11-15(32)29-14-5-3-2-4-6-14/h2-10,28H,11H2,1H3,(H,29,32). The van der Waals surface area contributed by atoms with Gasteiger partial charge in [-0.25, -0.2) is 0 Å². The highest BCUT2D eigenvalue weighted by molar-refractivity contribution is 9.15. The highest BCUT2D eigenvalue weighted by Crippen LogP contribution is 2.44. The van der Waals surface area contributed by atoms with E-state index in [0.717, 1.165) is 20.4 Å². The minimum Gasteiger partial charge on any atom is -0.325 e. The van der Waals surface area contributed by atoms with Crippen LogP contribution in [0.1, 0.15) is 5.56 Å². The first kappa shape index (κ1) is 24.1. The molecule has 0 saturated heterocycles. The van der Waals surface area contributed by atoms with Gasteiger partial charge in [-0.1, -0.05) is 48.0 Å². The third-order valence-electron chi connectivity index (χ3n) is 4.88. The van der Waals surface area contributed by atoms with Crippen LogP contribution < -0.4 is 16.3 Å². The van der Waals surface area contributed by atoms with Gasteiger partial charge >= 0.3 is 0 Å². The van der Waals surface area contributed by atoms with Gasteiger partial charge in [0.2, 0.25) is 5.91 Å². The number of halogens is 4. The van der Waals surface area contributed by atoms with Crippen LogP contribution in [-0.4, -0.2) is 22.3 Å². The van der Waals surface area contributed by atoms with E-state index in [1.165, 1.54) is 0 Å². The molecule has 1 amide bonds. The monoisotopic (exact) mass is 696 g/mol. The summed E-state index contributed by atoms with van der Waals surface area (Å²) in [6, 6.07) is 17.0. The molecule has 0 spiro atoms. The van der Waals surface area contributed by atoms with Crippen LogP contribution in [0.5, 0.6) is 0 Å². The van der Waals surface area contributed by atoms with Gasteiger partial charge in [0, 0.05) is 34.5 Å². The number of para-hydroxylation sites is 1. The van der Waals surface area contributed by atoms with Crippen LogP contribution in [0, 0.1) is 6.92 Å². The van der Waals surface area contributed by atoms with Crippen molar-refractivity contribution >= 4 is 86.1 Å². The second-order valence-electron chi connectivity index (χ2n) is 7.19. The van der Waals surface area contributed by atoms with Crippen LogP contribution in [-0.2, 0) is 4.79 Å². The van der Waals surface area contributed by atoms with Crippen molar-refractivity contribution in [3.63, 3.8) is 0 Å². The molecule has 1 aromatic heterocycles. The molecule has 1 heterocycles. The van der Waals surface area contributed by atoms with Crippen molar-refractivity contribution in [3.8, 4) is 11.3 Å². The first-order valence-corrected chi connectivity index (χ1v) is 12.9. The minimum atomic E-state index is -0.394. The maximum Gasteiger partial charge on any atom is 0.295 e. The van der Waals surface area contributed by atoms with Crippen LogP contribution in [0.2, 0.25) is 0 Å². The molecule has 0 fully saturated rings. The molecule has 6 nitrogen and oxygen atoms in total. The average molecular weight is 700 g/mol. The average Bonchev–Trinajstić information content (AvgIpc) is 2.81. The third-order valence-corrected chi connectivity index (χ3v) is 9.65. The zero-order chi connectivity index (χ0) is 23.7. The highest BCUT2D eigenvalue weighted by Gasteiger charge is 2.22. The van der Waals surface area contributed by atoms with Gasteiger partial charge in [0.15, 0.2) is 0 Å². The van der Waals surface area contributed by atoms with E-state index in [2.05, 4.69) is 79.6 Å². The van der Waals surface area contributed by atoms with Crippen LogP contribution in [0.25, 0.3) is 22.0 Å². The molecule has 0 radical (unpaired) electrons. The number of hydrogen-bond donors (Lipinski definition) is 2. The Hall–Kier alpha value is -2.01. The number of carbonyl (C=O) groups is 1. The lowest BCUT2D eigenvalue weighted by molar-refractivity contribution is -0.114. The van der Waals surface area contributed by atoms with E-state index in [1.807, 2.05) is 49.4 Å². The molecule has 4 rings (SSSR count). The van der Waals surface area contributed by atoms with Gasteiger partial charge in [-0.3, -0.25) is 15.0 Å². The number of nitrogens with one attached hydrogen (secondary N) is 2. The van der Waals surface area contributed by atoms with Gasteiger partial charge in [-0.15, -0.1) is 9.89 Å². The van der Waals surface area contributed by atoms with Crippen molar-refractivity contribution in [2.45, 2.75) is 6.92 Å².